The Hall–Kier alpha value is -3.18. The van der Waals surface area contributed by atoms with Crippen LogP contribution in [-0.2, 0) is 10.0 Å². The van der Waals surface area contributed by atoms with Crippen molar-refractivity contribution in [1.82, 2.24) is 20.6 Å². The first-order valence-electron chi connectivity index (χ1n) is 7.85. The molecule has 0 aliphatic heterocycles. The summed E-state index contributed by atoms with van der Waals surface area (Å²) in [6, 6.07) is 12.5. The number of thiophene rings is 1. The molecule has 0 atom stereocenters. The zero-order valence-electron chi connectivity index (χ0n) is 13.9. The maximum atomic E-state index is 14.0. The third kappa shape index (κ3) is 3.62. The SMILES string of the molecule is O=S(=O)(Nc1cccc(-c2nnn[nH]2)c1)c1ccc(-c2ccc(F)cc2F)s1. The Kier molecular flexibility index (Phi) is 4.61. The highest BCUT2D eigenvalue weighted by Crippen LogP contribution is 2.33. The van der Waals surface area contributed by atoms with E-state index in [1.54, 1.807) is 24.3 Å². The fraction of sp³-hybridized carbons (Fsp3) is 0. The van der Waals surface area contributed by atoms with Gasteiger partial charge in [0, 0.05) is 27.8 Å². The summed E-state index contributed by atoms with van der Waals surface area (Å²) in [6.45, 7) is 0. The number of anilines is 1. The van der Waals surface area contributed by atoms with Crippen molar-refractivity contribution in [2.24, 2.45) is 0 Å². The predicted octanol–water partition coefficient (Wildman–Crippen LogP) is 3.67. The lowest BCUT2D eigenvalue weighted by atomic mass is 10.2. The second-order valence-electron chi connectivity index (χ2n) is 5.68. The number of benzene rings is 2. The number of halogens is 2. The molecular formula is C17H11F2N5O2S2. The first-order chi connectivity index (χ1) is 13.4. The maximum Gasteiger partial charge on any atom is 0.271 e. The van der Waals surface area contributed by atoms with Gasteiger partial charge in [-0.3, -0.25) is 4.72 Å². The number of aromatic nitrogens is 4. The van der Waals surface area contributed by atoms with E-state index >= 15 is 0 Å². The van der Waals surface area contributed by atoms with Crippen LogP contribution < -0.4 is 4.72 Å². The van der Waals surface area contributed by atoms with Crippen molar-refractivity contribution in [2.45, 2.75) is 4.21 Å². The van der Waals surface area contributed by atoms with E-state index in [2.05, 4.69) is 25.3 Å². The largest absolute Gasteiger partial charge is 0.279 e. The highest BCUT2D eigenvalue weighted by molar-refractivity contribution is 7.94. The quantitative estimate of drug-likeness (QED) is 0.514. The van der Waals surface area contributed by atoms with Gasteiger partial charge >= 0.3 is 0 Å². The van der Waals surface area contributed by atoms with E-state index in [1.807, 2.05) is 0 Å². The zero-order chi connectivity index (χ0) is 19.7. The number of H-pyrrole nitrogens is 1. The number of hydrogen-bond acceptors (Lipinski definition) is 6. The minimum atomic E-state index is -3.90. The summed E-state index contributed by atoms with van der Waals surface area (Å²) in [5.74, 6) is -1.06. The fourth-order valence-electron chi connectivity index (χ4n) is 2.52. The molecule has 0 aliphatic rings. The molecular weight excluding hydrogens is 408 g/mol. The van der Waals surface area contributed by atoms with Crippen LogP contribution in [0.25, 0.3) is 21.8 Å². The number of aromatic amines is 1. The molecule has 0 saturated heterocycles. The van der Waals surface area contributed by atoms with Crippen LogP contribution in [0, 0.1) is 11.6 Å². The van der Waals surface area contributed by atoms with Gasteiger partial charge in [-0.2, -0.15) is 0 Å². The summed E-state index contributed by atoms with van der Waals surface area (Å²) in [6.07, 6.45) is 0. The Bertz CT molecular complexity index is 1240. The Balaban J connectivity index is 1.61. The molecule has 0 fully saturated rings. The van der Waals surface area contributed by atoms with Crippen molar-refractivity contribution in [3.8, 4) is 21.8 Å². The minimum Gasteiger partial charge on any atom is -0.279 e. The number of tetrazole rings is 1. The molecule has 4 aromatic rings. The molecule has 2 aromatic heterocycles. The van der Waals surface area contributed by atoms with Crippen LogP contribution in [-0.4, -0.2) is 29.0 Å². The first kappa shape index (κ1) is 18.2. The van der Waals surface area contributed by atoms with Crippen LogP contribution in [0.3, 0.4) is 0 Å². The summed E-state index contributed by atoms with van der Waals surface area (Å²) in [5, 5.41) is 13.3. The Labute approximate surface area is 162 Å². The second-order valence-corrected chi connectivity index (χ2v) is 8.67. The van der Waals surface area contributed by atoms with E-state index in [-0.39, 0.29) is 9.77 Å². The fourth-order valence-corrected chi connectivity index (χ4v) is 4.90. The predicted molar refractivity (Wildman–Crippen MR) is 100 cm³/mol. The Morgan fingerprint density at radius 2 is 1.89 bits per heavy atom. The van der Waals surface area contributed by atoms with Gasteiger partial charge in [-0.1, -0.05) is 12.1 Å². The smallest absolute Gasteiger partial charge is 0.271 e. The van der Waals surface area contributed by atoms with Crippen molar-refractivity contribution in [1.29, 1.82) is 0 Å². The van der Waals surface area contributed by atoms with Gasteiger partial charge in [-0.15, -0.1) is 16.4 Å². The van der Waals surface area contributed by atoms with Gasteiger partial charge in [0.25, 0.3) is 10.0 Å². The Morgan fingerprint density at radius 3 is 2.64 bits per heavy atom. The van der Waals surface area contributed by atoms with Crippen molar-refractivity contribution < 1.29 is 17.2 Å². The van der Waals surface area contributed by atoms with E-state index in [1.165, 1.54) is 18.2 Å². The molecule has 0 spiro atoms. The molecule has 0 aliphatic carbocycles. The van der Waals surface area contributed by atoms with Gasteiger partial charge in [0.1, 0.15) is 15.8 Å². The third-order valence-corrected chi connectivity index (χ3v) is 6.77. The third-order valence-electron chi connectivity index (χ3n) is 3.78. The molecule has 0 radical (unpaired) electrons. The van der Waals surface area contributed by atoms with Crippen LogP contribution in [0.5, 0.6) is 0 Å². The lowest BCUT2D eigenvalue weighted by Gasteiger charge is -2.07. The number of nitrogens with zero attached hydrogens (tertiary/aromatic N) is 3. The number of sulfonamides is 1. The standard InChI is InChI=1S/C17H11F2N5O2S2/c18-11-4-5-13(14(19)9-11)15-6-7-16(27-15)28(25,26)22-12-3-1-2-10(8-12)17-20-23-24-21-17/h1-9,22H,(H,20,21,23,24). The summed E-state index contributed by atoms with van der Waals surface area (Å²) in [4.78, 5) is 0.374. The van der Waals surface area contributed by atoms with Gasteiger partial charge in [-0.05, 0) is 46.8 Å². The van der Waals surface area contributed by atoms with Gasteiger partial charge < -0.3 is 0 Å². The lowest BCUT2D eigenvalue weighted by Crippen LogP contribution is -2.11. The molecule has 142 valence electrons. The first-order valence-corrected chi connectivity index (χ1v) is 10.1. The van der Waals surface area contributed by atoms with E-state index in [4.69, 9.17) is 0 Å². The van der Waals surface area contributed by atoms with E-state index in [0.29, 0.717) is 22.0 Å². The molecule has 0 bridgehead atoms. The Morgan fingerprint density at radius 1 is 1.04 bits per heavy atom. The number of nitrogens with one attached hydrogen (secondary N) is 2. The summed E-state index contributed by atoms with van der Waals surface area (Å²) in [5.41, 5.74) is 1.05. The van der Waals surface area contributed by atoms with Crippen LogP contribution in [0.1, 0.15) is 0 Å². The molecule has 0 amide bonds. The molecule has 2 N–H and O–H groups in total. The molecule has 11 heteroatoms. The normalized spacial score (nSPS) is 11.5. The average molecular weight is 419 g/mol. The zero-order valence-corrected chi connectivity index (χ0v) is 15.6. The summed E-state index contributed by atoms with van der Waals surface area (Å²) >= 11 is 0.883. The molecule has 7 nitrogen and oxygen atoms in total. The van der Waals surface area contributed by atoms with E-state index in [9.17, 15) is 17.2 Å². The van der Waals surface area contributed by atoms with Gasteiger partial charge in [0.15, 0.2) is 5.82 Å². The van der Waals surface area contributed by atoms with Crippen LogP contribution in [0.15, 0.2) is 58.8 Å². The molecule has 0 saturated carbocycles. The highest BCUT2D eigenvalue weighted by atomic mass is 32.2. The van der Waals surface area contributed by atoms with E-state index in [0.717, 1.165) is 23.5 Å². The monoisotopic (exact) mass is 419 g/mol. The van der Waals surface area contributed by atoms with Crippen molar-refractivity contribution >= 4 is 27.0 Å². The van der Waals surface area contributed by atoms with E-state index < -0.39 is 21.7 Å². The van der Waals surface area contributed by atoms with Crippen molar-refractivity contribution in [2.75, 3.05) is 4.72 Å². The van der Waals surface area contributed by atoms with Gasteiger partial charge in [0.05, 0.1) is 0 Å². The molecule has 2 heterocycles. The maximum absolute atomic E-state index is 14.0. The number of rotatable bonds is 5. The second kappa shape index (κ2) is 7.09. The topological polar surface area (TPSA) is 101 Å². The van der Waals surface area contributed by atoms with Gasteiger partial charge in [0.2, 0.25) is 0 Å². The molecule has 4 rings (SSSR count). The average Bonchev–Trinajstić information content (AvgIpc) is 3.34. The summed E-state index contributed by atoms with van der Waals surface area (Å²) < 4.78 is 54.9. The van der Waals surface area contributed by atoms with Crippen LogP contribution in [0.2, 0.25) is 0 Å². The molecule has 0 unspecified atom stereocenters. The highest BCUT2D eigenvalue weighted by Gasteiger charge is 2.19. The summed E-state index contributed by atoms with van der Waals surface area (Å²) in [7, 11) is -3.90. The lowest BCUT2D eigenvalue weighted by molar-refractivity contribution is 0.586. The van der Waals surface area contributed by atoms with Crippen LogP contribution in [0.4, 0.5) is 14.5 Å². The van der Waals surface area contributed by atoms with Crippen molar-refractivity contribution in [3.63, 3.8) is 0 Å². The molecule has 28 heavy (non-hydrogen) atoms. The minimum absolute atomic E-state index is 0.00189. The van der Waals surface area contributed by atoms with Crippen molar-refractivity contribution in [3.05, 3.63) is 66.2 Å². The van der Waals surface area contributed by atoms with Crippen LogP contribution >= 0.6 is 11.3 Å². The molecule has 2 aromatic carbocycles. The van der Waals surface area contributed by atoms with Gasteiger partial charge in [-0.25, -0.2) is 22.3 Å². The number of hydrogen-bond donors (Lipinski definition) is 2.